The molecule has 0 bridgehead atoms. The Bertz CT molecular complexity index is 913. The van der Waals surface area contributed by atoms with Gasteiger partial charge in [-0.1, -0.05) is 20.8 Å². The van der Waals surface area contributed by atoms with Crippen molar-refractivity contribution in [2.75, 3.05) is 12.3 Å². The van der Waals surface area contributed by atoms with Gasteiger partial charge >= 0.3 is 0 Å². The number of carbonyl (C=O) groups excluding carboxylic acids is 1. The summed E-state index contributed by atoms with van der Waals surface area (Å²) in [5.41, 5.74) is -0.342. The normalized spacial score (nSPS) is 43.5. The third-order valence-corrected chi connectivity index (χ3v) is 11.6. The molecule has 0 heterocycles. The van der Waals surface area contributed by atoms with Crippen LogP contribution in [0.5, 0.6) is 0 Å². The lowest BCUT2D eigenvalue weighted by Crippen LogP contribution is -2.61. The molecule has 4 fully saturated rings. The second-order valence-electron chi connectivity index (χ2n) is 12.7. The molecule has 0 aliphatic heterocycles. The van der Waals surface area contributed by atoms with Gasteiger partial charge in [0.1, 0.15) is 0 Å². The number of aliphatic hydroxyl groups is 1. The van der Waals surface area contributed by atoms with Gasteiger partial charge in [0.05, 0.1) is 11.9 Å². The van der Waals surface area contributed by atoms with Crippen LogP contribution in [0.15, 0.2) is 0 Å². The van der Waals surface area contributed by atoms with Gasteiger partial charge < -0.3 is 10.4 Å². The van der Waals surface area contributed by atoms with Crippen molar-refractivity contribution in [3.05, 3.63) is 0 Å². The number of aliphatic hydroxyl groups excluding tert-OH is 1. The number of rotatable bonds is 7. The second-order valence-corrected chi connectivity index (χ2v) is 14.3. The fourth-order valence-corrected chi connectivity index (χ4v) is 9.61. The van der Waals surface area contributed by atoms with Gasteiger partial charge in [0, 0.05) is 25.3 Å². The molecule has 3 unspecified atom stereocenters. The van der Waals surface area contributed by atoms with Crippen LogP contribution in [0.3, 0.4) is 0 Å². The number of amides is 1. The van der Waals surface area contributed by atoms with Gasteiger partial charge in [-0.15, -0.1) is 0 Å². The molecule has 0 aromatic carbocycles. The van der Waals surface area contributed by atoms with Crippen LogP contribution in [-0.4, -0.2) is 48.3 Å². The van der Waals surface area contributed by atoms with E-state index in [2.05, 4.69) is 19.2 Å². The zero-order valence-corrected chi connectivity index (χ0v) is 22.1. The van der Waals surface area contributed by atoms with Crippen LogP contribution in [0.4, 0.5) is 8.78 Å². The smallest absolute Gasteiger partial charge is 0.264 e. The highest BCUT2D eigenvalue weighted by molar-refractivity contribution is 7.85. The first-order valence-electron chi connectivity index (χ1n) is 13.4. The summed E-state index contributed by atoms with van der Waals surface area (Å²) in [7, 11) is -4.04. The van der Waals surface area contributed by atoms with Crippen LogP contribution in [0.25, 0.3) is 0 Å². The maximum Gasteiger partial charge on any atom is 0.264 e. The average molecular weight is 520 g/mol. The third-order valence-electron chi connectivity index (χ3n) is 10.8. The number of fused-ring (bicyclic) bond motifs is 5. The maximum absolute atomic E-state index is 15.8. The van der Waals surface area contributed by atoms with Crippen molar-refractivity contribution in [3.8, 4) is 0 Å². The molecule has 4 rings (SSSR count). The molecular formula is C26H43F2NO5S. The molecule has 0 aromatic rings. The van der Waals surface area contributed by atoms with Gasteiger partial charge in [-0.05, 0) is 91.8 Å². The minimum absolute atomic E-state index is 0.0121. The summed E-state index contributed by atoms with van der Waals surface area (Å²) in [5.74, 6) is -3.82. The predicted octanol–water partition coefficient (Wildman–Crippen LogP) is 4.67. The minimum atomic E-state index is -4.04. The van der Waals surface area contributed by atoms with Crippen molar-refractivity contribution in [2.45, 2.75) is 97.0 Å². The van der Waals surface area contributed by atoms with E-state index in [4.69, 9.17) is 4.55 Å². The summed E-state index contributed by atoms with van der Waals surface area (Å²) in [6.07, 6.45) is 5.25. The third kappa shape index (κ3) is 5.15. The van der Waals surface area contributed by atoms with E-state index in [0.29, 0.717) is 19.3 Å². The summed E-state index contributed by atoms with van der Waals surface area (Å²) in [6.45, 7) is 6.61. The topological polar surface area (TPSA) is 104 Å². The SMILES string of the molecule is C[C@H](CC(=O)NCCCS(=O)(=O)O)[C@H]1CCC2C3C(CC[C@@]21C)[C@@]1(C)CC[C@@H](O)C[C@H]1CC3(F)F. The summed E-state index contributed by atoms with van der Waals surface area (Å²) >= 11 is 0. The Morgan fingerprint density at radius 1 is 1.09 bits per heavy atom. The van der Waals surface area contributed by atoms with E-state index in [-0.39, 0.29) is 71.5 Å². The number of nitrogens with one attached hydrogen (secondary N) is 1. The molecule has 0 aromatic heterocycles. The highest BCUT2D eigenvalue weighted by Gasteiger charge is 2.68. The summed E-state index contributed by atoms with van der Waals surface area (Å²) in [5, 5.41) is 12.9. The van der Waals surface area contributed by atoms with E-state index < -0.39 is 28.1 Å². The van der Waals surface area contributed by atoms with Crippen LogP contribution in [0.2, 0.25) is 0 Å². The summed E-state index contributed by atoms with van der Waals surface area (Å²) < 4.78 is 62.1. The average Bonchev–Trinajstić information content (AvgIpc) is 3.09. The molecule has 4 saturated carbocycles. The Labute approximate surface area is 208 Å². The summed E-state index contributed by atoms with van der Waals surface area (Å²) in [6, 6.07) is 0. The molecule has 0 saturated heterocycles. The second kappa shape index (κ2) is 9.50. The lowest BCUT2D eigenvalue weighted by atomic mass is 9.43. The Hall–Kier alpha value is -0.800. The van der Waals surface area contributed by atoms with Crippen LogP contribution in [0, 0.1) is 46.3 Å². The van der Waals surface area contributed by atoms with Crippen LogP contribution < -0.4 is 5.32 Å². The first-order valence-corrected chi connectivity index (χ1v) is 15.1. The van der Waals surface area contributed by atoms with Crippen molar-refractivity contribution in [1.29, 1.82) is 0 Å². The van der Waals surface area contributed by atoms with Crippen molar-refractivity contribution < 1.29 is 31.7 Å². The summed E-state index contributed by atoms with van der Waals surface area (Å²) in [4.78, 5) is 12.5. The quantitative estimate of drug-likeness (QED) is 0.335. The van der Waals surface area contributed by atoms with Gasteiger partial charge in [0.15, 0.2) is 0 Å². The van der Waals surface area contributed by atoms with Crippen molar-refractivity contribution in [2.24, 2.45) is 46.3 Å². The molecule has 35 heavy (non-hydrogen) atoms. The van der Waals surface area contributed by atoms with Crippen molar-refractivity contribution >= 4 is 16.0 Å². The van der Waals surface area contributed by atoms with Gasteiger partial charge in [0.25, 0.3) is 16.0 Å². The highest BCUT2D eigenvalue weighted by Crippen LogP contribution is 2.71. The molecule has 0 spiro atoms. The molecule has 202 valence electrons. The zero-order valence-electron chi connectivity index (χ0n) is 21.3. The molecule has 6 nitrogen and oxygen atoms in total. The van der Waals surface area contributed by atoms with Crippen LogP contribution in [0.1, 0.15) is 85.0 Å². The number of halogens is 2. The van der Waals surface area contributed by atoms with E-state index in [0.717, 1.165) is 32.1 Å². The Morgan fingerprint density at radius 3 is 2.43 bits per heavy atom. The molecule has 3 N–H and O–H groups in total. The lowest BCUT2D eigenvalue weighted by molar-refractivity contribution is -0.238. The van der Waals surface area contributed by atoms with E-state index in [1.54, 1.807) is 0 Å². The molecule has 1 amide bonds. The largest absolute Gasteiger partial charge is 0.393 e. The van der Waals surface area contributed by atoms with Crippen LogP contribution in [-0.2, 0) is 14.9 Å². The zero-order chi connectivity index (χ0) is 25.8. The molecular weight excluding hydrogens is 476 g/mol. The highest BCUT2D eigenvalue weighted by atomic mass is 32.2. The van der Waals surface area contributed by atoms with Crippen LogP contribution >= 0.6 is 0 Å². The molecule has 0 radical (unpaired) electrons. The molecule has 9 atom stereocenters. The number of carbonyl (C=O) groups is 1. The number of alkyl halides is 2. The molecule has 4 aliphatic carbocycles. The van der Waals surface area contributed by atoms with Gasteiger partial charge in [-0.3, -0.25) is 9.35 Å². The Kier molecular flexibility index (Phi) is 7.39. The molecule has 4 aliphatic rings. The standard InChI is InChI=1S/C26H43F2NO5S/c1-16(13-22(31)29-11-4-12-35(32,33)34)19-5-6-20-23-21(8-10-25(19,20)3)24(2)9-7-18(30)14-17(24)15-26(23,27)28/h16-21,23,30H,4-15H2,1-3H3,(H,29,31)(H,32,33,34)/t16-,17+,18-,19-,20?,21?,23?,24+,25-/m1/s1. The van der Waals surface area contributed by atoms with E-state index >= 15 is 8.78 Å². The number of hydrogen-bond acceptors (Lipinski definition) is 4. The Morgan fingerprint density at radius 2 is 1.74 bits per heavy atom. The minimum Gasteiger partial charge on any atom is -0.393 e. The first kappa shape index (κ1) is 27.2. The fraction of sp³-hybridized carbons (Fsp3) is 0.962. The number of hydrogen-bond donors (Lipinski definition) is 3. The first-order chi connectivity index (χ1) is 16.2. The Balaban J connectivity index is 1.43. The van der Waals surface area contributed by atoms with Gasteiger partial charge in [0.2, 0.25) is 5.91 Å². The molecule has 9 heteroatoms. The van der Waals surface area contributed by atoms with E-state index in [1.165, 1.54) is 0 Å². The lowest BCUT2D eigenvalue weighted by Gasteiger charge is -2.63. The van der Waals surface area contributed by atoms with E-state index in [9.17, 15) is 18.3 Å². The van der Waals surface area contributed by atoms with E-state index in [1.807, 2.05) is 6.92 Å². The fourth-order valence-electron chi connectivity index (χ4n) is 9.10. The van der Waals surface area contributed by atoms with Crippen molar-refractivity contribution in [1.82, 2.24) is 5.32 Å². The van der Waals surface area contributed by atoms with Gasteiger partial charge in [-0.2, -0.15) is 8.42 Å². The monoisotopic (exact) mass is 519 g/mol. The maximum atomic E-state index is 15.8. The van der Waals surface area contributed by atoms with Gasteiger partial charge in [-0.25, -0.2) is 8.78 Å². The predicted molar refractivity (Wildman–Crippen MR) is 129 cm³/mol. The van der Waals surface area contributed by atoms with Crippen molar-refractivity contribution in [3.63, 3.8) is 0 Å².